The summed E-state index contributed by atoms with van der Waals surface area (Å²) >= 11 is 0. The average Bonchev–Trinajstić information content (AvgIpc) is 2.69. The normalized spacial score (nSPS) is 42.8. The molecule has 5 atom stereocenters. The van der Waals surface area contributed by atoms with Gasteiger partial charge in [-0.15, -0.1) is 0 Å². The molecule has 0 radical (unpaired) electrons. The van der Waals surface area contributed by atoms with Gasteiger partial charge in [0.1, 0.15) is 0 Å². The summed E-state index contributed by atoms with van der Waals surface area (Å²) in [5.41, 5.74) is 0. The van der Waals surface area contributed by atoms with Gasteiger partial charge in [0.2, 0.25) is 0 Å². The van der Waals surface area contributed by atoms with E-state index in [1.165, 1.54) is 19.3 Å². The number of rotatable bonds is 0. The van der Waals surface area contributed by atoms with Crippen molar-refractivity contribution in [2.45, 2.75) is 78.2 Å². The summed E-state index contributed by atoms with van der Waals surface area (Å²) < 4.78 is 0. The van der Waals surface area contributed by atoms with Gasteiger partial charge in [-0.3, -0.25) is 0 Å². The Morgan fingerprint density at radius 1 is 0.833 bits per heavy atom. The minimum atomic E-state index is -0.167. The number of aliphatic hydroxyl groups excluding tert-OH is 1. The van der Waals surface area contributed by atoms with E-state index in [-0.39, 0.29) is 6.10 Å². The monoisotopic (exact) mass is 252 g/mol. The molecular formula is C17H32O. The maximum atomic E-state index is 8.06. The molecule has 3 saturated carbocycles. The summed E-state index contributed by atoms with van der Waals surface area (Å²) in [7, 11) is 0. The number of aliphatic hydroxyl groups is 1. The maximum Gasteiger partial charge on any atom is 0.0483 e. The first-order valence-electron chi connectivity index (χ1n) is 8.27. The summed E-state index contributed by atoms with van der Waals surface area (Å²) in [6.07, 6.45) is 12.3. The third-order valence-electron chi connectivity index (χ3n) is 5.57. The first kappa shape index (κ1) is 14.4. The van der Waals surface area contributed by atoms with E-state index in [2.05, 4.69) is 6.92 Å². The van der Waals surface area contributed by atoms with Gasteiger partial charge in [0.05, 0.1) is 0 Å². The van der Waals surface area contributed by atoms with Crippen LogP contribution >= 0.6 is 0 Å². The van der Waals surface area contributed by atoms with Crippen LogP contribution in [0.25, 0.3) is 0 Å². The summed E-state index contributed by atoms with van der Waals surface area (Å²) in [6.45, 7) is 5.97. The Bertz CT molecular complexity index is 243. The number of fused-ring (bicyclic) bond motifs is 3. The highest BCUT2D eigenvalue weighted by atomic mass is 16.3. The van der Waals surface area contributed by atoms with Crippen molar-refractivity contribution in [3.05, 3.63) is 0 Å². The molecule has 0 aliphatic heterocycles. The molecule has 0 amide bonds. The van der Waals surface area contributed by atoms with Gasteiger partial charge in [-0.05, 0) is 62.7 Å². The molecule has 5 unspecified atom stereocenters. The van der Waals surface area contributed by atoms with Gasteiger partial charge in [0.15, 0.2) is 0 Å². The topological polar surface area (TPSA) is 20.2 Å². The molecule has 0 bridgehead atoms. The van der Waals surface area contributed by atoms with Gasteiger partial charge >= 0.3 is 0 Å². The molecule has 106 valence electrons. The second-order valence-electron chi connectivity index (χ2n) is 7.27. The largest absolute Gasteiger partial charge is 0.394 e. The molecule has 18 heavy (non-hydrogen) atoms. The molecule has 3 aliphatic rings. The lowest BCUT2D eigenvalue weighted by Crippen LogP contribution is -2.26. The third-order valence-corrected chi connectivity index (χ3v) is 5.57. The zero-order valence-electron chi connectivity index (χ0n) is 12.6. The highest BCUT2D eigenvalue weighted by Crippen LogP contribution is 2.55. The Morgan fingerprint density at radius 2 is 1.44 bits per heavy atom. The molecule has 0 aromatic carbocycles. The average molecular weight is 252 g/mol. The van der Waals surface area contributed by atoms with Crippen molar-refractivity contribution in [3.63, 3.8) is 0 Å². The smallest absolute Gasteiger partial charge is 0.0483 e. The van der Waals surface area contributed by atoms with Crippen LogP contribution in [-0.2, 0) is 0 Å². The fourth-order valence-corrected chi connectivity index (χ4v) is 4.91. The molecular weight excluding hydrogens is 220 g/mol. The van der Waals surface area contributed by atoms with E-state index >= 15 is 0 Å². The summed E-state index contributed by atoms with van der Waals surface area (Å²) in [4.78, 5) is 0. The van der Waals surface area contributed by atoms with Gasteiger partial charge in [0.25, 0.3) is 0 Å². The second kappa shape index (κ2) is 6.41. The van der Waals surface area contributed by atoms with Crippen molar-refractivity contribution in [2.24, 2.45) is 29.6 Å². The Labute approximate surface area is 113 Å². The molecule has 0 saturated heterocycles. The number of hydrogen-bond acceptors (Lipinski definition) is 1. The fraction of sp³-hybridized carbons (Fsp3) is 1.00. The summed E-state index contributed by atoms with van der Waals surface area (Å²) in [5.74, 6) is 5.66. The quantitative estimate of drug-likeness (QED) is 0.666. The van der Waals surface area contributed by atoms with Crippen LogP contribution in [0.5, 0.6) is 0 Å². The van der Waals surface area contributed by atoms with Crippen molar-refractivity contribution in [3.8, 4) is 0 Å². The summed E-state index contributed by atoms with van der Waals surface area (Å²) in [5, 5.41) is 8.06. The molecule has 0 heterocycles. The first-order chi connectivity index (χ1) is 8.59. The van der Waals surface area contributed by atoms with Gasteiger partial charge < -0.3 is 5.11 Å². The van der Waals surface area contributed by atoms with Crippen molar-refractivity contribution in [1.82, 2.24) is 0 Å². The predicted octanol–water partition coefficient (Wildman–Crippen LogP) is 4.64. The fourth-order valence-electron chi connectivity index (χ4n) is 4.91. The molecule has 0 spiro atoms. The van der Waals surface area contributed by atoms with E-state index in [9.17, 15) is 0 Å². The maximum absolute atomic E-state index is 8.06. The molecule has 0 aromatic rings. The lowest BCUT2D eigenvalue weighted by Gasteiger charge is -2.35. The van der Waals surface area contributed by atoms with Crippen LogP contribution in [-0.4, -0.2) is 11.2 Å². The van der Waals surface area contributed by atoms with E-state index in [4.69, 9.17) is 5.11 Å². The lowest BCUT2D eigenvalue weighted by molar-refractivity contribution is 0.148. The van der Waals surface area contributed by atoms with Gasteiger partial charge in [0, 0.05) is 6.10 Å². The molecule has 3 fully saturated rings. The Morgan fingerprint density at radius 3 is 2.17 bits per heavy atom. The Balaban J connectivity index is 0.000000267. The zero-order valence-corrected chi connectivity index (χ0v) is 12.6. The van der Waals surface area contributed by atoms with E-state index in [0.717, 1.165) is 29.6 Å². The van der Waals surface area contributed by atoms with Crippen LogP contribution in [0.1, 0.15) is 72.1 Å². The first-order valence-corrected chi connectivity index (χ1v) is 8.27. The third kappa shape index (κ3) is 3.29. The second-order valence-corrected chi connectivity index (χ2v) is 7.27. The van der Waals surface area contributed by atoms with E-state index in [0.29, 0.717) is 0 Å². The SMILES string of the molecule is CC(C)O.CC1CCCC2C1CC1CCCCC12. The van der Waals surface area contributed by atoms with E-state index in [1.807, 2.05) is 0 Å². The van der Waals surface area contributed by atoms with Gasteiger partial charge in [-0.1, -0.05) is 39.0 Å². The molecule has 1 N–H and O–H groups in total. The zero-order chi connectivity index (χ0) is 13.1. The molecule has 3 aliphatic carbocycles. The van der Waals surface area contributed by atoms with Gasteiger partial charge in [-0.25, -0.2) is 0 Å². The van der Waals surface area contributed by atoms with Crippen molar-refractivity contribution < 1.29 is 5.11 Å². The number of hydrogen-bond donors (Lipinski definition) is 1. The van der Waals surface area contributed by atoms with Crippen LogP contribution in [0, 0.1) is 29.6 Å². The standard InChI is InChI=1S/C14H24.C3H8O/c1-10-5-4-8-13-12-7-3-2-6-11(12)9-14(10)13;1-3(2)4/h10-14H,2-9H2,1H3;3-4H,1-2H3. The van der Waals surface area contributed by atoms with Crippen LogP contribution in [0.4, 0.5) is 0 Å². The Hall–Kier alpha value is -0.0400. The highest BCUT2D eigenvalue weighted by molar-refractivity contribution is 4.96. The lowest BCUT2D eigenvalue weighted by atomic mass is 9.70. The predicted molar refractivity (Wildman–Crippen MR) is 77.4 cm³/mol. The minimum absolute atomic E-state index is 0.167. The van der Waals surface area contributed by atoms with Crippen molar-refractivity contribution in [2.75, 3.05) is 0 Å². The van der Waals surface area contributed by atoms with Crippen LogP contribution in [0.3, 0.4) is 0 Å². The molecule has 0 aromatic heterocycles. The van der Waals surface area contributed by atoms with Crippen LogP contribution in [0.2, 0.25) is 0 Å². The van der Waals surface area contributed by atoms with Crippen molar-refractivity contribution in [1.29, 1.82) is 0 Å². The minimum Gasteiger partial charge on any atom is -0.394 e. The van der Waals surface area contributed by atoms with Crippen LogP contribution < -0.4 is 0 Å². The molecule has 1 heteroatoms. The molecule has 3 rings (SSSR count). The highest BCUT2D eigenvalue weighted by Gasteiger charge is 2.46. The van der Waals surface area contributed by atoms with E-state index in [1.54, 1.807) is 46.0 Å². The molecule has 1 nitrogen and oxygen atoms in total. The van der Waals surface area contributed by atoms with Crippen LogP contribution in [0.15, 0.2) is 0 Å². The summed E-state index contributed by atoms with van der Waals surface area (Å²) in [6, 6.07) is 0. The van der Waals surface area contributed by atoms with E-state index < -0.39 is 0 Å². The van der Waals surface area contributed by atoms with Gasteiger partial charge in [-0.2, -0.15) is 0 Å². The van der Waals surface area contributed by atoms with Crippen molar-refractivity contribution >= 4 is 0 Å². The Kier molecular flexibility index (Phi) is 5.12.